The van der Waals surface area contributed by atoms with E-state index in [1.54, 1.807) is 0 Å². The van der Waals surface area contributed by atoms with Gasteiger partial charge >= 0.3 is 0 Å². The average molecular weight is 294 g/mol. The standard InChI is InChI=1S/C16H20ClNO2/c1-10(2)16-13(9-19)15(18-20-16)8-7-12-11(3)5-4-6-14(12)17/h4-6,10,19H,7-9H2,1-3H3. The van der Waals surface area contributed by atoms with E-state index in [1.165, 1.54) is 5.56 Å². The van der Waals surface area contributed by atoms with Gasteiger partial charge in [0.15, 0.2) is 0 Å². The number of aryl methyl sites for hydroxylation is 2. The van der Waals surface area contributed by atoms with E-state index in [-0.39, 0.29) is 12.5 Å². The third kappa shape index (κ3) is 3.05. The van der Waals surface area contributed by atoms with Crippen molar-refractivity contribution in [2.24, 2.45) is 0 Å². The molecule has 0 atom stereocenters. The van der Waals surface area contributed by atoms with Crippen molar-refractivity contribution in [1.29, 1.82) is 0 Å². The van der Waals surface area contributed by atoms with Gasteiger partial charge in [0.1, 0.15) is 5.76 Å². The first-order chi connectivity index (χ1) is 9.54. The minimum Gasteiger partial charge on any atom is -0.391 e. The minimum absolute atomic E-state index is 0.0339. The molecule has 1 heterocycles. The molecule has 0 aliphatic rings. The molecule has 3 nitrogen and oxygen atoms in total. The maximum Gasteiger partial charge on any atom is 0.145 e. The van der Waals surface area contributed by atoms with Gasteiger partial charge in [-0.15, -0.1) is 0 Å². The molecule has 0 aliphatic carbocycles. The van der Waals surface area contributed by atoms with Crippen molar-refractivity contribution in [1.82, 2.24) is 5.16 Å². The number of aliphatic hydroxyl groups excluding tert-OH is 1. The Kier molecular flexibility index (Phi) is 4.84. The lowest BCUT2D eigenvalue weighted by Gasteiger charge is -2.07. The van der Waals surface area contributed by atoms with Crippen molar-refractivity contribution >= 4 is 11.6 Å². The number of hydrogen-bond acceptors (Lipinski definition) is 3. The van der Waals surface area contributed by atoms with E-state index in [4.69, 9.17) is 16.1 Å². The third-order valence-corrected chi connectivity index (χ3v) is 3.90. The molecular formula is C16H20ClNO2. The van der Waals surface area contributed by atoms with Crippen molar-refractivity contribution in [3.63, 3.8) is 0 Å². The molecule has 0 amide bonds. The largest absolute Gasteiger partial charge is 0.391 e. The zero-order valence-corrected chi connectivity index (χ0v) is 12.9. The van der Waals surface area contributed by atoms with Gasteiger partial charge in [0, 0.05) is 16.5 Å². The molecule has 0 radical (unpaired) electrons. The lowest BCUT2D eigenvalue weighted by atomic mass is 9.99. The maximum atomic E-state index is 9.52. The van der Waals surface area contributed by atoms with E-state index in [0.29, 0.717) is 0 Å². The summed E-state index contributed by atoms with van der Waals surface area (Å²) in [6.45, 7) is 6.08. The van der Waals surface area contributed by atoms with Gasteiger partial charge in [-0.05, 0) is 37.0 Å². The van der Waals surface area contributed by atoms with Crippen LogP contribution in [0.5, 0.6) is 0 Å². The highest BCUT2D eigenvalue weighted by atomic mass is 35.5. The van der Waals surface area contributed by atoms with Crippen molar-refractivity contribution < 1.29 is 9.63 Å². The Morgan fingerprint density at radius 3 is 2.60 bits per heavy atom. The Bertz CT molecular complexity index is 570. The number of benzene rings is 1. The molecular weight excluding hydrogens is 274 g/mol. The third-order valence-electron chi connectivity index (χ3n) is 3.55. The Morgan fingerprint density at radius 1 is 1.25 bits per heavy atom. The summed E-state index contributed by atoms with van der Waals surface area (Å²) in [5, 5.41) is 14.4. The summed E-state index contributed by atoms with van der Waals surface area (Å²) in [5.41, 5.74) is 3.96. The number of hydrogen-bond donors (Lipinski definition) is 1. The molecule has 4 heteroatoms. The first-order valence-corrected chi connectivity index (χ1v) is 7.24. The van der Waals surface area contributed by atoms with Gasteiger partial charge in [-0.3, -0.25) is 0 Å². The highest BCUT2D eigenvalue weighted by Gasteiger charge is 2.18. The quantitative estimate of drug-likeness (QED) is 0.905. The number of nitrogens with zero attached hydrogens (tertiary/aromatic N) is 1. The molecule has 108 valence electrons. The number of aromatic nitrogens is 1. The van der Waals surface area contributed by atoms with E-state index in [0.717, 1.165) is 40.4 Å². The van der Waals surface area contributed by atoms with Crippen LogP contribution in [0.2, 0.25) is 5.02 Å². The van der Waals surface area contributed by atoms with Crippen LogP contribution in [0, 0.1) is 6.92 Å². The van der Waals surface area contributed by atoms with Gasteiger partial charge in [0.25, 0.3) is 0 Å². The monoisotopic (exact) mass is 293 g/mol. The fraction of sp³-hybridized carbons (Fsp3) is 0.438. The average Bonchev–Trinajstić information content (AvgIpc) is 2.81. The highest BCUT2D eigenvalue weighted by Crippen LogP contribution is 2.25. The van der Waals surface area contributed by atoms with Crippen molar-refractivity contribution in [2.45, 2.75) is 46.1 Å². The van der Waals surface area contributed by atoms with Crippen molar-refractivity contribution in [3.8, 4) is 0 Å². The zero-order chi connectivity index (χ0) is 14.7. The van der Waals surface area contributed by atoms with Gasteiger partial charge in [-0.2, -0.15) is 0 Å². The Labute approximate surface area is 124 Å². The lowest BCUT2D eigenvalue weighted by molar-refractivity contribution is 0.275. The molecule has 2 aromatic rings. The number of halogens is 1. The van der Waals surface area contributed by atoms with E-state index >= 15 is 0 Å². The van der Waals surface area contributed by atoms with Crippen LogP contribution < -0.4 is 0 Å². The van der Waals surface area contributed by atoms with E-state index in [9.17, 15) is 5.11 Å². The molecule has 1 aromatic heterocycles. The first kappa shape index (κ1) is 15.1. The molecule has 1 aromatic carbocycles. The number of aliphatic hydroxyl groups is 1. The molecule has 0 unspecified atom stereocenters. The smallest absolute Gasteiger partial charge is 0.145 e. The molecule has 0 saturated heterocycles. The Morgan fingerprint density at radius 2 is 2.00 bits per heavy atom. The lowest BCUT2D eigenvalue weighted by Crippen LogP contribution is -2.00. The molecule has 20 heavy (non-hydrogen) atoms. The summed E-state index contributed by atoms with van der Waals surface area (Å²) in [6.07, 6.45) is 1.51. The molecule has 0 aliphatic heterocycles. The zero-order valence-electron chi connectivity index (χ0n) is 12.1. The summed E-state index contributed by atoms with van der Waals surface area (Å²) in [6, 6.07) is 5.91. The summed E-state index contributed by atoms with van der Waals surface area (Å²) in [5.74, 6) is 0.999. The number of rotatable bonds is 5. The maximum absolute atomic E-state index is 9.52. The molecule has 0 fully saturated rings. The van der Waals surface area contributed by atoms with Crippen LogP contribution in [0.3, 0.4) is 0 Å². The fourth-order valence-corrected chi connectivity index (χ4v) is 2.72. The SMILES string of the molecule is Cc1cccc(Cl)c1CCc1noc(C(C)C)c1CO. The normalized spacial score (nSPS) is 11.3. The van der Waals surface area contributed by atoms with Crippen LogP contribution in [0.4, 0.5) is 0 Å². The Hall–Kier alpha value is -1.32. The molecule has 0 spiro atoms. The molecule has 0 bridgehead atoms. The molecule has 2 rings (SSSR count). The second kappa shape index (κ2) is 6.42. The van der Waals surface area contributed by atoms with Crippen LogP contribution in [0.15, 0.2) is 22.7 Å². The highest BCUT2D eigenvalue weighted by molar-refractivity contribution is 6.31. The molecule has 0 saturated carbocycles. The summed E-state index contributed by atoms with van der Waals surface area (Å²) >= 11 is 6.23. The summed E-state index contributed by atoms with van der Waals surface area (Å²) in [4.78, 5) is 0. The molecule has 1 N–H and O–H groups in total. The van der Waals surface area contributed by atoms with Gasteiger partial charge in [-0.25, -0.2) is 0 Å². The van der Waals surface area contributed by atoms with Gasteiger partial charge in [-0.1, -0.05) is 42.7 Å². The summed E-state index contributed by atoms with van der Waals surface area (Å²) < 4.78 is 5.35. The second-order valence-corrected chi connectivity index (χ2v) is 5.73. The van der Waals surface area contributed by atoms with Crippen LogP contribution in [-0.2, 0) is 19.4 Å². The van der Waals surface area contributed by atoms with Crippen molar-refractivity contribution in [3.05, 3.63) is 51.4 Å². The predicted octanol–water partition coefficient (Wildman–Crippen LogP) is 4.04. The summed E-state index contributed by atoms with van der Waals surface area (Å²) in [7, 11) is 0. The van der Waals surface area contributed by atoms with Crippen LogP contribution in [-0.4, -0.2) is 10.3 Å². The van der Waals surface area contributed by atoms with Crippen molar-refractivity contribution in [2.75, 3.05) is 0 Å². The van der Waals surface area contributed by atoms with Crippen LogP contribution >= 0.6 is 11.6 Å². The first-order valence-electron chi connectivity index (χ1n) is 6.86. The topological polar surface area (TPSA) is 46.3 Å². The predicted molar refractivity (Wildman–Crippen MR) is 80.1 cm³/mol. The van der Waals surface area contributed by atoms with E-state index < -0.39 is 0 Å². The van der Waals surface area contributed by atoms with Gasteiger partial charge < -0.3 is 9.63 Å². The minimum atomic E-state index is -0.0339. The Balaban J connectivity index is 2.19. The van der Waals surface area contributed by atoms with E-state index in [1.807, 2.05) is 26.0 Å². The van der Waals surface area contributed by atoms with E-state index in [2.05, 4.69) is 18.1 Å². The second-order valence-electron chi connectivity index (χ2n) is 5.32. The fourth-order valence-electron chi connectivity index (χ4n) is 2.40. The van der Waals surface area contributed by atoms with Crippen LogP contribution in [0.25, 0.3) is 0 Å². The van der Waals surface area contributed by atoms with Gasteiger partial charge in [0.05, 0.1) is 12.3 Å². The van der Waals surface area contributed by atoms with Gasteiger partial charge in [0.2, 0.25) is 0 Å². The van der Waals surface area contributed by atoms with Crippen LogP contribution in [0.1, 0.15) is 47.9 Å².